The average Bonchev–Trinajstić information content (AvgIpc) is 2.31. The third-order valence-electron chi connectivity index (χ3n) is 2.56. The Labute approximate surface area is 130 Å². The van der Waals surface area contributed by atoms with Crippen molar-refractivity contribution in [3.63, 3.8) is 0 Å². The Morgan fingerprint density at radius 3 is 2.50 bits per heavy atom. The normalized spacial score (nSPS) is 11.5. The Hall–Kier alpha value is -1.20. The largest absolute Gasteiger partial charge is 0.338 e. The number of rotatable bonds is 2. The van der Waals surface area contributed by atoms with Gasteiger partial charge in [0, 0.05) is 16.5 Å². The van der Waals surface area contributed by atoms with E-state index in [-0.39, 0.29) is 5.41 Å². The fourth-order valence-corrected chi connectivity index (χ4v) is 2.09. The molecule has 0 atom stereocenters. The molecule has 3 nitrogen and oxygen atoms in total. The van der Waals surface area contributed by atoms with E-state index in [1.165, 1.54) is 6.07 Å². The quantitative estimate of drug-likeness (QED) is 0.761. The molecule has 0 radical (unpaired) electrons. The van der Waals surface area contributed by atoms with Crippen LogP contribution in [-0.4, -0.2) is 9.97 Å². The van der Waals surface area contributed by atoms with Crippen LogP contribution in [0, 0.1) is 5.82 Å². The standard InChI is InChI=1S/C14H14BrClFN3/c1-14(2,3)13-19-11(15)7-12(20-13)18-10-5-4-8(16)6-9(10)17/h4-7H,1-3H3,(H,18,19,20). The second-order valence-corrected chi connectivity index (χ2v) is 6.65. The van der Waals surface area contributed by atoms with E-state index >= 15 is 0 Å². The van der Waals surface area contributed by atoms with Crippen LogP contribution in [0.2, 0.25) is 5.02 Å². The summed E-state index contributed by atoms with van der Waals surface area (Å²) in [5.74, 6) is 0.770. The van der Waals surface area contributed by atoms with Crippen molar-refractivity contribution >= 4 is 39.0 Å². The Bertz CT molecular complexity index is 641. The molecule has 2 aromatic rings. The van der Waals surface area contributed by atoms with Gasteiger partial charge in [0.1, 0.15) is 22.1 Å². The maximum absolute atomic E-state index is 13.8. The molecule has 20 heavy (non-hydrogen) atoms. The molecule has 1 aromatic heterocycles. The lowest BCUT2D eigenvalue weighted by molar-refractivity contribution is 0.544. The van der Waals surface area contributed by atoms with E-state index in [1.807, 2.05) is 20.8 Å². The Kier molecular flexibility index (Phi) is 4.30. The summed E-state index contributed by atoms with van der Waals surface area (Å²) in [7, 11) is 0. The van der Waals surface area contributed by atoms with Gasteiger partial charge in [-0.2, -0.15) is 0 Å². The number of halogens is 3. The highest BCUT2D eigenvalue weighted by molar-refractivity contribution is 9.10. The molecule has 0 spiro atoms. The highest BCUT2D eigenvalue weighted by Gasteiger charge is 2.19. The molecule has 0 fully saturated rings. The molecule has 6 heteroatoms. The number of hydrogen-bond donors (Lipinski definition) is 1. The van der Waals surface area contributed by atoms with Crippen molar-refractivity contribution in [2.75, 3.05) is 5.32 Å². The molecule has 106 valence electrons. The van der Waals surface area contributed by atoms with Crippen LogP contribution in [0.15, 0.2) is 28.9 Å². The molecular weight excluding hydrogens is 345 g/mol. The Morgan fingerprint density at radius 2 is 1.90 bits per heavy atom. The number of nitrogens with zero attached hydrogens (tertiary/aromatic N) is 2. The maximum atomic E-state index is 13.8. The van der Waals surface area contributed by atoms with Gasteiger partial charge < -0.3 is 5.32 Å². The van der Waals surface area contributed by atoms with E-state index in [0.29, 0.717) is 27.0 Å². The fourth-order valence-electron chi connectivity index (χ4n) is 1.55. The van der Waals surface area contributed by atoms with E-state index < -0.39 is 5.82 Å². The first kappa shape index (κ1) is 15.2. The SMILES string of the molecule is CC(C)(C)c1nc(Br)cc(Nc2ccc(Cl)cc2F)n1. The molecule has 0 saturated carbocycles. The van der Waals surface area contributed by atoms with Gasteiger partial charge in [0.2, 0.25) is 0 Å². The summed E-state index contributed by atoms with van der Waals surface area (Å²) in [6.07, 6.45) is 0. The summed E-state index contributed by atoms with van der Waals surface area (Å²) in [6, 6.07) is 6.15. The minimum Gasteiger partial charge on any atom is -0.338 e. The number of anilines is 2. The van der Waals surface area contributed by atoms with Gasteiger partial charge in [-0.05, 0) is 34.1 Å². The number of nitrogens with one attached hydrogen (secondary N) is 1. The van der Waals surface area contributed by atoms with Crippen molar-refractivity contribution in [3.05, 3.63) is 45.5 Å². The molecule has 0 bridgehead atoms. The van der Waals surface area contributed by atoms with Crippen LogP contribution >= 0.6 is 27.5 Å². The summed E-state index contributed by atoms with van der Waals surface area (Å²) in [5.41, 5.74) is 0.124. The van der Waals surface area contributed by atoms with Crippen molar-refractivity contribution in [2.45, 2.75) is 26.2 Å². The summed E-state index contributed by atoms with van der Waals surface area (Å²) >= 11 is 9.07. The second kappa shape index (κ2) is 5.66. The zero-order valence-corrected chi connectivity index (χ0v) is 13.7. The lowest BCUT2D eigenvalue weighted by atomic mass is 9.96. The van der Waals surface area contributed by atoms with Crippen molar-refractivity contribution in [2.24, 2.45) is 0 Å². The number of hydrogen-bond acceptors (Lipinski definition) is 3. The van der Waals surface area contributed by atoms with Gasteiger partial charge in [0.15, 0.2) is 0 Å². The van der Waals surface area contributed by atoms with Crippen molar-refractivity contribution in [1.82, 2.24) is 9.97 Å². The van der Waals surface area contributed by atoms with Gasteiger partial charge >= 0.3 is 0 Å². The topological polar surface area (TPSA) is 37.8 Å². The Balaban J connectivity index is 2.36. The summed E-state index contributed by atoms with van der Waals surface area (Å²) in [4.78, 5) is 8.75. The van der Waals surface area contributed by atoms with Gasteiger partial charge in [-0.15, -0.1) is 0 Å². The van der Waals surface area contributed by atoms with Crippen LogP contribution in [0.25, 0.3) is 0 Å². The lowest BCUT2D eigenvalue weighted by Crippen LogP contribution is -2.17. The lowest BCUT2D eigenvalue weighted by Gasteiger charge is -2.18. The molecule has 1 aromatic carbocycles. The second-order valence-electron chi connectivity index (χ2n) is 5.40. The average molecular weight is 359 g/mol. The molecule has 1 heterocycles. The zero-order chi connectivity index (χ0) is 14.9. The first-order valence-electron chi connectivity index (χ1n) is 6.03. The number of aromatic nitrogens is 2. The van der Waals surface area contributed by atoms with Crippen LogP contribution in [0.3, 0.4) is 0 Å². The van der Waals surface area contributed by atoms with Gasteiger partial charge in [-0.3, -0.25) is 0 Å². The van der Waals surface area contributed by atoms with E-state index in [9.17, 15) is 4.39 Å². The van der Waals surface area contributed by atoms with E-state index in [0.717, 1.165) is 0 Å². The van der Waals surface area contributed by atoms with Gasteiger partial charge in [-0.1, -0.05) is 32.4 Å². The monoisotopic (exact) mass is 357 g/mol. The summed E-state index contributed by atoms with van der Waals surface area (Å²) < 4.78 is 14.4. The van der Waals surface area contributed by atoms with Gasteiger partial charge in [-0.25, -0.2) is 14.4 Å². The van der Waals surface area contributed by atoms with Crippen LogP contribution in [-0.2, 0) is 5.41 Å². The first-order valence-corrected chi connectivity index (χ1v) is 7.20. The molecule has 0 aliphatic carbocycles. The first-order chi connectivity index (χ1) is 9.25. The molecule has 0 aliphatic rings. The van der Waals surface area contributed by atoms with Crippen molar-refractivity contribution in [3.8, 4) is 0 Å². The van der Waals surface area contributed by atoms with Crippen molar-refractivity contribution < 1.29 is 4.39 Å². The summed E-state index contributed by atoms with van der Waals surface area (Å²) in [6.45, 7) is 6.05. The van der Waals surface area contributed by atoms with Crippen LogP contribution in [0.5, 0.6) is 0 Å². The smallest absolute Gasteiger partial charge is 0.148 e. The summed E-state index contributed by atoms with van der Waals surface area (Å²) in [5, 5.41) is 3.29. The molecule has 0 unspecified atom stereocenters. The van der Waals surface area contributed by atoms with E-state index in [4.69, 9.17) is 11.6 Å². The third-order valence-corrected chi connectivity index (χ3v) is 3.20. The van der Waals surface area contributed by atoms with Crippen molar-refractivity contribution in [1.29, 1.82) is 0 Å². The van der Waals surface area contributed by atoms with Crippen LogP contribution < -0.4 is 5.32 Å². The number of benzene rings is 1. The molecular formula is C14H14BrClFN3. The molecule has 0 aliphatic heterocycles. The molecule has 2 rings (SSSR count). The highest BCUT2D eigenvalue weighted by Crippen LogP contribution is 2.26. The van der Waals surface area contributed by atoms with Crippen LogP contribution in [0.1, 0.15) is 26.6 Å². The van der Waals surface area contributed by atoms with Gasteiger partial charge in [0.25, 0.3) is 0 Å². The fraction of sp³-hybridized carbons (Fsp3) is 0.286. The minimum absolute atomic E-state index is 0.196. The molecule has 1 N–H and O–H groups in total. The van der Waals surface area contributed by atoms with E-state index in [2.05, 4.69) is 31.2 Å². The maximum Gasteiger partial charge on any atom is 0.148 e. The third kappa shape index (κ3) is 3.67. The zero-order valence-electron chi connectivity index (χ0n) is 11.3. The van der Waals surface area contributed by atoms with Gasteiger partial charge in [0.05, 0.1) is 5.69 Å². The van der Waals surface area contributed by atoms with E-state index in [1.54, 1.807) is 18.2 Å². The van der Waals surface area contributed by atoms with Crippen LogP contribution in [0.4, 0.5) is 15.9 Å². The molecule has 0 saturated heterocycles. The Morgan fingerprint density at radius 1 is 1.20 bits per heavy atom. The molecule has 0 amide bonds. The highest BCUT2D eigenvalue weighted by atomic mass is 79.9. The predicted octanol–water partition coefficient (Wildman–Crippen LogP) is 5.07. The minimum atomic E-state index is -0.426. The predicted molar refractivity (Wildman–Crippen MR) is 83.1 cm³/mol.